The summed E-state index contributed by atoms with van der Waals surface area (Å²) < 4.78 is 15.4. The second kappa shape index (κ2) is 17.6. The Balaban J connectivity index is 2.93. The first-order valence-electron chi connectivity index (χ1n) is 7.32. The van der Waals surface area contributed by atoms with Crippen molar-refractivity contribution in [2.45, 2.75) is 44.9 Å². The molecule has 0 amide bonds. The average Bonchev–Trinajstić information content (AvgIpc) is 2.43. The van der Waals surface area contributed by atoms with Gasteiger partial charge in [-0.25, -0.2) is 0 Å². The molecule has 0 bridgehead atoms. The maximum Gasteiger partial charge on any atom is 0.146 e. The fraction of sp³-hybridized carbons (Fsp3) is 0.867. The molecule has 0 saturated carbocycles. The number of unbranched alkanes of at least 4 members (excludes halogenated alkanes) is 6. The molecule has 0 aromatic rings. The molecule has 0 aromatic heterocycles. The Morgan fingerprint density at radius 2 is 1.47 bits per heavy atom. The van der Waals surface area contributed by atoms with Crippen LogP contribution >= 0.6 is 0 Å². The van der Waals surface area contributed by atoms with Gasteiger partial charge in [0.25, 0.3) is 0 Å². The van der Waals surface area contributed by atoms with Crippen LogP contribution in [0.5, 0.6) is 0 Å². The molecule has 4 heteroatoms. The maximum atomic E-state index is 8.56. The van der Waals surface area contributed by atoms with Crippen LogP contribution in [0.1, 0.15) is 44.9 Å². The quantitative estimate of drug-likeness (QED) is 0.283. The minimum atomic E-state index is 0.162. The van der Waals surface area contributed by atoms with Gasteiger partial charge in [-0.05, 0) is 19.3 Å². The molecule has 0 aliphatic rings. The standard InChI is InChI=1S/C15H30O4/c1-17-13-14-19-15-18-12-10-8-6-4-2-3-5-7-9-11-16/h7,9,16H,2-6,8,10-15H2,1H3/b9-7+. The van der Waals surface area contributed by atoms with Gasteiger partial charge in [-0.15, -0.1) is 0 Å². The SMILES string of the molecule is COCCOCOCCCCCCCC/C=C/CO. The lowest BCUT2D eigenvalue weighted by atomic mass is 10.1. The lowest BCUT2D eigenvalue weighted by Crippen LogP contribution is -2.06. The zero-order chi connectivity index (χ0) is 14.0. The van der Waals surface area contributed by atoms with Crippen LogP contribution in [0, 0.1) is 0 Å². The Morgan fingerprint density at radius 1 is 0.789 bits per heavy atom. The highest BCUT2D eigenvalue weighted by molar-refractivity contribution is 4.80. The second-order valence-corrected chi connectivity index (χ2v) is 4.49. The van der Waals surface area contributed by atoms with Crippen molar-refractivity contribution < 1.29 is 19.3 Å². The zero-order valence-electron chi connectivity index (χ0n) is 12.3. The van der Waals surface area contributed by atoms with Crippen LogP contribution in [-0.2, 0) is 14.2 Å². The first-order chi connectivity index (χ1) is 9.41. The topological polar surface area (TPSA) is 47.9 Å². The van der Waals surface area contributed by atoms with E-state index < -0.39 is 0 Å². The molecule has 0 rings (SSSR count). The first-order valence-corrected chi connectivity index (χ1v) is 7.32. The highest BCUT2D eigenvalue weighted by Crippen LogP contribution is 2.07. The number of hydrogen-bond donors (Lipinski definition) is 1. The van der Waals surface area contributed by atoms with Crippen molar-refractivity contribution in [1.82, 2.24) is 0 Å². The molecule has 0 spiro atoms. The minimum Gasteiger partial charge on any atom is -0.392 e. The molecular weight excluding hydrogens is 244 g/mol. The summed E-state index contributed by atoms with van der Waals surface area (Å²) in [5.41, 5.74) is 0. The maximum absolute atomic E-state index is 8.56. The molecule has 0 atom stereocenters. The van der Waals surface area contributed by atoms with E-state index in [0.29, 0.717) is 20.0 Å². The summed E-state index contributed by atoms with van der Waals surface area (Å²) in [4.78, 5) is 0. The van der Waals surface area contributed by atoms with E-state index in [4.69, 9.17) is 19.3 Å². The molecule has 0 aromatic carbocycles. The van der Waals surface area contributed by atoms with E-state index in [1.807, 2.05) is 6.08 Å². The number of allylic oxidation sites excluding steroid dienone is 1. The molecule has 0 radical (unpaired) electrons. The van der Waals surface area contributed by atoms with Crippen molar-refractivity contribution in [2.75, 3.05) is 40.3 Å². The Morgan fingerprint density at radius 3 is 2.21 bits per heavy atom. The molecule has 0 fully saturated rings. The Hall–Kier alpha value is -0.420. The van der Waals surface area contributed by atoms with Gasteiger partial charge in [-0.1, -0.05) is 37.8 Å². The Kier molecular flexibility index (Phi) is 17.2. The molecule has 114 valence electrons. The molecule has 19 heavy (non-hydrogen) atoms. The van der Waals surface area contributed by atoms with E-state index in [-0.39, 0.29) is 6.61 Å². The summed E-state index contributed by atoms with van der Waals surface area (Å²) in [5, 5.41) is 8.56. The third kappa shape index (κ3) is 17.6. The number of aliphatic hydroxyl groups is 1. The molecule has 0 unspecified atom stereocenters. The summed E-state index contributed by atoms with van der Waals surface area (Å²) >= 11 is 0. The van der Waals surface area contributed by atoms with Gasteiger partial charge in [0.05, 0.1) is 19.8 Å². The molecule has 0 aliphatic carbocycles. The van der Waals surface area contributed by atoms with Gasteiger partial charge in [0.2, 0.25) is 0 Å². The summed E-state index contributed by atoms with van der Waals surface area (Å²) in [6.45, 7) is 2.54. The van der Waals surface area contributed by atoms with Crippen molar-refractivity contribution in [3.63, 3.8) is 0 Å². The molecule has 4 nitrogen and oxygen atoms in total. The third-order valence-electron chi connectivity index (χ3n) is 2.78. The van der Waals surface area contributed by atoms with Crippen LogP contribution in [0.2, 0.25) is 0 Å². The molecule has 0 heterocycles. The highest BCUT2D eigenvalue weighted by Gasteiger charge is 1.92. The van der Waals surface area contributed by atoms with Crippen molar-refractivity contribution in [3.8, 4) is 0 Å². The van der Waals surface area contributed by atoms with Crippen LogP contribution < -0.4 is 0 Å². The van der Waals surface area contributed by atoms with E-state index in [9.17, 15) is 0 Å². The van der Waals surface area contributed by atoms with E-state index in [1.165, 1.54) is 32.1 Å². The molecular formula is C15H30O4. The number of rotatable bonds is 15. The van der Waals surface area contributed by atoms with Crippen LogP contribution in [0.4, 0.5) is 0 Å². The highest BCUT2D eigenvalue weighted by atomic mass is 16.7. The molecule has 1 N–H and O–H groups in total. The van der Waals surface area contributed by atoms with Crippen molar-refractivity contribution >= 4 is 0 Å². The van der Waals surface area contributed by atoms with Gasteiger partial charge in [0, 0.05) is 13.7 Å². The van der Waals surface area contributed by atoms with E-state index in [2.05, 4.69) is 6.08 Å². The summed E-state index contributed by atoms with van der Waals surface area (Å²) in [7, 11) is 1.66. The predicted molar refractivity (Wildman–Crippen MR) is 77.2 cm³/mol. The lowest BCUT2D eigenvalue weighted by molar-refractivity contribution is -0.0664. The number of ether oxygens (including phenoxy) is 3. The van der Waals surface area contributed by atoms with Gasteiger partial charge in [-0.2, -0.15) is 0 Å². The van der Waals surface area contributed by atoms with Crippen LogP contribution in [-0.4, -0.2) is 45.4 Å². The largest absolute Gasteiger partial charge is 0.392 e. The normalized spacial score (nSPS) is 11.5. The monoisotopic (exact) mass is 274 g/mol. The fourth-order valence-corrected chi connectivity index (χ4v) is 1.68. The van der Waals surface area contributed by atoms with E-state index in [1.54, 1.807) is 7.11 Å². The predicted octanol–water partition coefficient (Wildman–Crippen LogP) is 2.90. The van der Waals surface area contributed by atoms with E-state index in [0.717, 1.165) is 19.4 Å². The Labute approximate surface area is 117 Å². The van der Waals surface area contributed by atoms with Gasteiger partial charge >= 0.3 is 0 Å². The van der Waals surface area contributed by atoms with E-state index >= 15 is 0 Å². The van der Waals surface area contributed by atoms with Crippen LogP contribution in [0.3, 0.4) is 0 Å². The van der Waals surface area contributed by atoms with Gasteiger partial charge < -0.3 is 19.3 Å². The average molecular weight is 274 g/mol. The van der Waals surface area contributed by atoms with Gasteiger partial charge in [-0.3, -0.25) is 0 Å². The van der Waals surface area contributed by atoms with Crippen molar-refractivity contribution in [3.05, 3.63) is 12.2 Å². The zero-order valence-corrected chi connectivity index (χ0v) is 12.3. The minimum absolute atomic E-state index is 0.162. The number of hydrogen-bond acceptors (Lipinski definition) is 4. The van der Waals surface area contributed by atoms with Crippen molar-refractivity contribution in [2.24, 2.45) is 0 Å². The fourth-order valence-electron chi connectivity index (χ4n) is 1.68. The molecule has 0 saturated heterocycles. The lowest BCUT2D eigenvalue weighted by Gasteiger charge is -2.05. The summed E-state index contributed by atoms with van der Waals surface area (Å²) in [6, 6.07) is 0. The second-order valence-electron chi connectivity index (χ2n) is 4.49. The number of methoxy groups -OCH3 is 1. The third-order valence-corrected chi connectivity index (χ3v) is 2.78. The molecule has 0 aliphatic heterocycles. The van der Waals surface area contributed by atoms with Crippen LogP contribution in [0.15, 0.2) is 12.2 Å². The summed E-state index contributed by atoms with van der Waals surface area (Å²) in [5.74, 6) is 0. The first kappa shape index (κ1) is 18.6. The Bertz CT molecular complexity index is 183. The van der Waals surface area contributed by atoms with Gasteiger partial charge in [0.1, 0.15) is 6.79 Å². The van der Waals surface area contributed by atoms with Crippen molar-refractivity contribution in [1.29, 1.82) is 0 Å². The van der Waals surface area contributed by atoms with Crippen LogP contribution in [0.25, 0.3) is 0 Å². The summed E-state index contributed by atoms with van der Waals surface area (Å²) in [6.07, 6.45) is 12.3. The number of aliphatic hydroxyl groups excluding tert-OH is 1. The smallest absolute Gasteiger partial charge is 0.146 e. The van der Waals surface area contributed by atoms with Gasteiger partial charge in [0.15, 0.2) is 0 Å².